The number of nitrogens with zero attached hydrogens (tertiary/aromatic N) is 1. The van der Waals surface area contributed by atoms with E-state index in [1.165, 1.54) is 14.2 Å². The van der Waals surface area contributed by atoms with Crippen molar-refractivity contribution in [2.45, 2.75) is 13.8 Å². The smallest absolute Gasteiger partial charge is 0.282 e. The van der Waals surface area contributed by atoms with Crippen LogP contribution in [0, 0.1) is 13.8 Å². The highest BCUT2D eigenvalue weighted by atomic mass is 16.5. The molecular formula is C26H24N2O4. The molecule has 2 amide bonds. The lowest BCUT2D eigenvalue weighted by Gasteiger charge is -2.17. The Bertz CT molecular complexity index is 1210. The van der Waals surface area contributed by atoms with Crippen LogP contribution in [0.25, 0.3) is 5.57 Å². The first kappa shape index (κ1) is 21.2. The largest absolute Gasteiger partial charge is 0.497 e. The van der Waals surface area contributed by atoms with Crippen molar-refractivity contribution in [2.75, 3.05) is 24.4 Å². The normalized spacial score (nSPS) is 13.6. The highest BCUT2D eigenvalue weighted by molar-refractivity contribution is 6.46. The zero-order valence-electron chi connectivity index (χ0n) is 18.4. The second-order valence-corrected chi connectivity index (χ2v) is 7.63. The van der Waals surface area contributed by atoms with Crippen molar-refractivity contribution in [1.82, 2.24) is 0 Å². The van der Waals surface area contributed by atoms with Gasteiger partial charge >= 0.3 is 0 Å². The minimum Gasteiger partial charge on any atom is -0.497 e. The number of imide groups is 1. The van der Waals surface area contributed by atoms with E-state index < -0.39 is 11.8 Å². The van der Waals surface area contributed by atoms with Gasteiger partial charge in [-0.25, -0.2) is 4.90 Å². The summed E-state index contributed by atoms with van der Waals surface area (Å²) < 4.78 is 10.7. The maximum atomic E-state index is 13.6. The van der Waals surface area contributed by atoms with Crippen LogP contribution in [0.4, 0.5) is 11.4 Å². The van der Waals surface area contributed by atoms with Crippen LogP contribution < -0.4 is 19.7 Å². The molecule has 4 rings (SSSR count). The molecular weight excluding hydrogens is 404 g/mol. The van der Waals surface area contributed by atoms with E-state index in [2.05, 4.69) is 5.32 Å². The Morgan fingerprint density at radius 2 is 1.41 bits per heavy atom. The molecule has 0 saturated carbocycles. The average molecular weight is 428 g/mol. The summed E-state index contributed by atoms with van der Waals surface area (Å²) in [4.78, 5) is 28.3. The van der Waals surface area contributed by atoms with E-state index in [1.54, 1.807) is 18.2 Å². The Hall–Kier alpha value is -4.06. The molecule has 3 aromatic rings. The summed E-state index contributed by atoms with van der Waals surface area (Å²) in [5.41, 5.74) is 4.43. The molecule has 0 unspecified atom stereocenters. The highest BCUT2D eigenvalue weighted by Gasteiger charge is 2.40. The van der Waals surface area contributed by atoms with Gasteiger partial charge < -0.3 is 14.8 Å². The zero-order valence-corrected chi connectivity index (χ0v) is 18.4. The van der Waals surface area contributed by atoms with E-state index in [0.29, 0.717) is 28.3 Å². The number of anilines is 2. The van der Waals surface area contributed by atoms with Gasteiger partial charge in [-0.15, -0.1) is 0 Å². The standard InChI is InChI=1S/C26H24N2O4/c1-16-8-10-18(11-9-16)23-24(27-19-7-5-6-17(2)12-19)26(30)28(25(23)29)20-13-21(31-3)15-22(14-20)32-4/h5-15,27H,1-4H3. The lowest BCUT2D eigenvalue weighted by atomic mass is 10.0. The van der Waals surface area contributed by atoms with Gasteiger partial charge in [-0.3, -0.25) is 9.59 Å². The van der Waals surface area contributed by atoms with Gasteiger partial charge in [0.2, 0.25) is 0 Å². The highest BCUT2D eigenvalue weighted by Crippen LogP contribution is 2.37. The van der Waals surface area contributed by atoms with Crippen molar-refractivity contribution >= 4 is 28.8 Å². The van der Waals surface area contributed by atoms with Gasteiger partial charge in [-0.05, 0) is 37.1 Å². The summed E-state index contributed by atoms with van der Waals surface area (Å²) in [6, 6.07) is 20.2. The van der Waals surface area contributed by atoms with Gasteiger partial charge in [0, 0.05) is 23.9 Å². The molecule has 1 N–H and O–H groups in total. The van der Waals surface area contributed by atoms with Crippen LogP contribution >= 0.6 is 0 Å². The molecule has 0 fully saturated rings. The number of nitrogens with one attached hydrogen (secondary N) is 1. The summed E-state index contributed by atoms with van der Waals surface area (Å²) in [7, 11) is 3.04. The van der Waals surface area contributed by atoms with E-state index in [0.717, 1.165) is 21.7 Å². The van der Waals surface area contributed by atoms with Crippen molar-refractivity contribution in [3.05, 3.63) is 89.1 Å². The first-order valence-electron chi connectivity index (χ1n) is 10.2. The van der Waals surface area contributed by atoms with E-state index >= 15 is 0 Å². The van der Waals surface area contributed by atoms with Gasteiger partial charge in [0.1, 0.15) is 17.2 Å². The van der Waals surface area contributed by atoms with Gasteiger partial charge in [-0.2, -0.15) is 0 Å². The predicted molar refractivity (Wildman–Crippen MR) is 125 cm³/mol. The van der Waals surface area contributed by atoms with E-state index in [9.17, 15) is 9.59 Å². The molecule has 0 aromatic heterocycles. The molecule has 6 heteroatoms. The lowest BCUT2D eigenvalue weighted by Crippen LogP contribution is -2.32. The van der Waals surface area contributed by atoms with Gasteiger partial charge in [0.15, 0.2) is 0 Å². The predicted octanol–water partition coefficient (Wildman–Crippen LogP) is 4.72. The average Bonchev–Trinajstić information content (AvgIpc) is 3.03. The van der Waals surface area contributed by atoms with Crippen LogP contribution in [0.5, 0.6) is 11.5 Å². The van der Waals surface area contributed by atoms with Gasteiger partial charge in [0.05, 0.1) is 25.5 Å². The van der Waals surface area contributed by atoms with Gasteiger partial charge in [-0.1, -0.05) is 42.0 Å². The molecule has 6 nitrogen and oxygen atoms in total. The first-order valence-corrected chi connectivity index (χ1v) is 10.2. The van der Waals surface area contributed by atoms with Crippen molar-refractivity contribution in [3.8, 4) is 11.5 Å². The molecule has 0 saturated heterocycles. The third kappa shape index (κ3) is 3.95. The van der Waals surface area contributed by atoms with Crippen LogP contribution in [0.1, 0.15) is 16.7 Å². The summed E-state index contributed by atoms with van der Waals surface area (Å²) in [5.74, 6) is 0.112. The van der Waals surface area contributed by atoms with E-state index in [-0.39, 0.29) is 5.70 Å². The first-order chi connectivity index (χ1) is 15.4. The molecule has 0 aliphatic carbocycles. The van der Waals surface area contributed by atoms with E-state index in [4.69, 9.17) is 9.47 Å². The maximum absolute atomic E-state index is 13.6. The van der Waals surface area contributed by atoms with E-state index in [1.807, 2.05) is 62.4 Å². The summed E-state index contributed by atoms with van der Waals surface area (Å²) in [5, 5.41) is 3.19. The third-order valence-electron chi connectivity index (χ3n) is 5.31. The van der Waals surface area contributed by atoms with Crippen molar-refractivity contribution < 1.29 is 19.1 Å². The van der Waals surface area contributed by atoms with Crippen molar-refractivity contribution in [2.24, 2.45) is 0 Å². The number of methoxy groups -OCH3 is 2. The van der Waals surface area contributed by atoms with Crippen LogP contribution in [-0.4, -0.2) is 26.0 Å². The Balaban J connectivity index is 1.84. The second kappa shape index (κ2) is 8.59. The molecule has 0 spiro atoms. The molecule has 0 bridgehead atoms. The molecule has 1 aliphatic rings. The number of carbonyl (C=O) groups excluding carboxylic acids is 2. The van der Waals surface area contributed by atoms with Crippen LogP contribution in [0.15, 0.2) is 72.4 Å². The Kier molecular flexibility index (Phi) is 5.69. The topological polar surface area (TPSA) is 67.9 Å². The second-order valence-electron chi connectivity index (χ2n) is 7.63. The molecule has 1 aliphatic heterocycles. The fraction of sp³-hybridized carbons (Fsp3) is 0.154. The van der Waals surface area contributed by atoms with Crippen LogP contribution in [0.2, 0.25) is 0 Å². The number of rotatable bonds is 6. The molecule has 32 heavy (non-hydrogen) atoms. The Morgan fingerprint density at radius 3 is 2.00 bits per heavy atom. The molecule has 3 aromatic carbocycles. The number of hydrogen-bond acceptors (Lipinski definition) is 5. The zero-order chi connectivity index (χ0) is 22.8. The molecule has 162 valence electrons. The fourth-order valence-electron chi connectivity index (χ4n) is 3.66. The number of hydrogen-bond donors (Lipinski definition) is 1. The summed E-state index contributed by atoms with van der Waals surface area (Å²) in [6.07, 6.45) is 0. The molecule has 1 heterocycles. The van der Waals surface area contributed by atoms with Crippen molar-refractivity contribution in [1.29, 1.82) is 0 Å². The number of ether oxygens (including phenoxy) is 2. The quantitative estimate of drug-likeness (QED) is 0.576. The molecule has 0 atom stereocenters. The number of aryl methyl sites for hydroxylation is 2. The fourth-order valence-corrected chi connectivity index (χ4v) is 3.66. The Morgan fingerprint density at radius 1 is 0.750 bits per heavy atom. The van der Waals surface area contributed by atoms with Crippen LogP contribution in [-0.2, 0) is 9.59 Å². The van der Waals surface area contributed by atoms with Crippen molar-refractivity contribution in [3.63, 3.8) is 0 Å². The van der Waals surface area contributed by atoms with Crippen LogP contribution in [0.3, 0.4) is 0 Å². The number of carbonyl (C=O) groups is 2. The van der Waals surface area contributed by atoms with Gasteiger partial charge in [0.25, 0.3) is 11.8 Å². The number of benzene rings is 3. The monoisotopic (exact) mass is 428 g/mol. The maximum Gasteiger partial charge on any atom is 0.282 e. The minimum absolute atomic E-state index is 0.228. The third-order valence-corrected chi connectivity index (χ3v) is 5.31. The Labute approximate surface area is 187 Å². The summed E-state index contributed by atoms with van der Waals surface area (Å²) >= 11 is 0. The number of amides is 2. The lowest BCUT2D eigenvalue weighted by molar-refractivity contribution is -0.120. The SMILES string of the molecule is COc1cc(OC)cc(N2C(=O)C(Nc3cccc(C)c3)=C(c3ccc(C)cc3)C2=O)c1. The minimum atomic E-state index is -0.442. The molecule has 0 radical (unpaired) electrons. The summed E-state index contributed by atoms with van der Waals surface area (Å²) in [6.45, 7) is 3.94.